The van der Waals surface area contributed by atoms with Gasteiger partial charge in [0.25, 0.3) is 0 Å². The first-order valence-corrected chi connectivity index (χ1v) is 5.11. The Morgan fingerprint density at radius 3 is 3.13 bits per heavy atom. The Hall–Kier alpha value is -1.17. The molecule has 15 heavy (non-hydrogen) atoms. The lowest BCUT2D eigenvalue weighted by molar-refractivity contribution is 0.174. The summed E-state index contributed by atoms with van der Waals surface area (Å²) in [5, 5.41) is 9.38. The van der Waals surface area contributed by atoms with Crippen LogP contribution in [-0.4, -0.2) is 34.2 Å². The molecule has 4 N–H and O–H groups in total. The molecule has 2 heterocycles. The van der Waals surface area contributed by atoms with Crippen molar-refractivity contribution in [3.8, 4) is 0 Å². The van der Waals surface area contributed by atoms with Crippen LogP contribution in [-0.2, 0) is 6.54 Å². The normalized spacial score (nSPS) is 21.9. The van der Waals surface area contributed by atoms with Crippen LogP contribution in [0.4, 0.5) is 5.82 Å². The number of aliphatic hydroxyl groups is 1. The SMILES string of the molecule is NNc1cccc(CN2CCC(O)C2)n1. The van der Waals surface area contributed by atoms with E-state index in [1.807, 2.05) is 18.2 Å². The fourth-order valence-corrected chi connectivity index (χ4v) is 1.83. The van der Waals surface area contributed by atoms with Crippen molar-refractivity contribution in [1.82, 2.24) is 9.88 Å². The predicted octanol–water partition coefficient (Wildman–Crippen LogP) is -0.0662. The molecule has 0 aliphatic carbocycles. The molecule has 0 radical (unpaired) electrons. The van der Waals surface area contributed by atoms with Gasteiger partial charge in [-0.05, 0) is 18.6 Å². The van der Waals surface area contributed by atoms with Crippen LogP contribution in [0.5, 0.6) is 0 Å². The van der Waals surface area contributed by atoms with Crippen molar-refractivity contribution in [3.63, 3.8) is 0 Å². The van der Waals surface area contributed by atoms with Crippen LogP contribution >= 0.6 is 0 Å². The number of nitrogens with zero attached hydrogens (tertiary/aromatic N) is 2. The molecule has 1 atom stereocenters. The number of pyridine rings is 1. The lowest BCUT2D eigenvalue weighted by atomic mass is 10.3. The third-order valence-corrected chi connectivity index (χ3v) is 2.59. The number of nitrogens with two attached hydrogens (primary N) is 1. The number of anilines is 1. The quantitative estimate of drug-likeness (QED) is 0.479. The van der Waals surface area contributed by atoms with E-state index in [0.717, 1.165) is 31.7 Å². The fourth-order valence-electron chi connectivity index (χ4n) is 1.83. The molecule has 1 saturated heterocycles. The van der Waals surface area contributed by atoms with Gasteiger partial charge in [-0.2, -0.15) is 0 Å². The molecule has 1 fully saturated rings. The van der Waals surface area contributed by atoms with Gasteiger partial charge in [-0.1, -0.05) is 6.07 Å². The largest absolute Gasteiger partial charge is 0.392 e. The maximum absolute atomic E-state index is 9.38. The Labute approximate surface area is 88.9 Å². The van der Waals surface area contributed by atoms with Crippen LogP contribution in [0, 0.1) is 0 Å². The first kappa shape index (κ1) is 10.4. The van der Waals surface area contributed by atoms with Crippen molar-refractivity contribution in [3.05, 3.63) is 23.9 Å². The molecule has 1 aliphatic heterocycles. The first-order valence-electron chi connectivity index (χ1n) is 5.11. The van der Waals surface area contributed by atoms with Crippen LogP contribution in [0.25, 0.3) is 0 Å². The number of hydrogen-bond acceptors (Lipinski definition) is 5. The Balaban J connectivity index is 1.98. The minimum absolute atomic E-state index is 0.180. The van der Waals surface area contributed by atoms with Crippen LogP contribution in [0.2, 0.25) is 0 Å². The molecule has 0 saturated carbocycles. The summed E-state index contributed by atoms with van der Waals surface area (Å²) in [6.45, 7) is 2.44. The molecular weight excluding hydrogens is 192 g/mol. The second-order valence-corrected chi connectivity index (χ2v) is 3.84. The summed E-state index contributed by atoms with van der Waals surface area (Å²) < 4.78 is 0. The van der Waals surface area contributed by atoms with Crippen molar-refractivity contribution >= 4 is 5.82 Å². The maximum atomic E-state index is 9.38. The summed E-state index contributed by atoms with van der Waals surface area (Å²) in [6, 6.07) is 5.71. The van der Waals surface area contributed by atoms with Crippen LogP contribution in [0.15, 0.2) is 18.2 Å². The molecule has 82 valence electrons. The van der Waals surface area contributed by atoms with Gasteiger partial charge in [0.15, 0.2) is 0 Å². The number of hydrazine groups is 1. The summed E-state index contributed by atoms with van der Waals surface area (Å²) in [4.78, 5) is 6.51. The summed E-state index contributed by atoms with van der Waals surface area (Å²) >= 11 is 0. The summed E-state index contributed by atoms with van der Waals surface area (Å²) in [6.07, 6.45) is 0.676. The van der Waals surface area contributed by atoms with Crippen molar-refractivity contribution in [2.24, 2.45) is 5.84 Å². The monoisotopic (exact) mass is 208 g/mol. The Morgan fingerprint density at radius 1 is 1.60 bits per heavy atom. The molecule has 1 aromatic rings. The van der Waals surface area contributed by atoms with Gasteiger partial charge in [-0.15, -0.1) is 0 Å². The zero-order valence-corrected chi connectivity index (χ0v) is 8.56. The van der Waals surface area contributed by atoms with Gasteiger partial charge in [0.2, 0.25) is 0 Å². The van der Waals surface area contributed by atoms with E-state index in [4.69, 9.17) is 5.84 Å². The van der Waals surface area contributed by atoms with E-state index in [9.17, 15) is 5.11 Å². The summed E-state index contributed by atoms with van der Waals surface area (Å²) in [7, 11) is 0. The maximum Gasteiger partial charge on any atom is 0.140 e. The molecule has 0 amide bonds. The second kappa shape index (κ2) is 4.57. The molecule has 5 heteroatoms. The topological polar surface area (TPSA) is 74.4 Å². The van der Waals surface area contributed by atoms with Gasteiger partial charge in [0, 0.05) is 19.6 Å². The van der Waals surface area contributed by atoms with Gasteiger partial charge >= 0.3 is 0 Å². The molecular formula is C10H16N4O. The molecule has 0 spiro atoms. The number of hydrogen-bond donors (Lipinski definition) is 3. The molecule has 1 aliphatic rings. The van der Waals surface area contributed by atoms with E-state index in [2.05, 4.69) is 15.3 Å². The Morgan fingerprint density at radius 2 is 2.47 bits per heavy atom. The van der Waals surface area contributed by atoms with Crippen molar-refractivity contribution in [2.75, 3.05) is 18.5 Å². The average molecular weight is 208 g/mol. The Bertz CT molecular complexity index is 331. The standard InChI is InChI=1S/C10H16N4O/c11-13-10-3-1-2-8(12-10)6-14-5-4-9(15)7-14/h1-3,9,15H,4-7,11H2,(H,12,13). The highest BCUT2D eigenvalue weighted by Gasteiger charge is 2.20. The summed E-state index contributed by atoms with van der Waals surface area (Å²) in [5.74, 6) is 5.96. The zero-order chi connectivity index (χ0) is 10.7. The minimum atomic E-state index is -0.180. The number of β-amino-alcohol motifs (C(OH)–C–C–N with tert-alkyl or cyclic N) is 1. The van der Waals surface area contributed by atoms with Gasteiger partial charge in [-0.3, -0.25) is 4.90 Å². The van der Waals surface area contributed by atoms with E-state index < -0.39 is 0 Å². The zero-order valence-electron chi connectivity index (χ0n) is 8.56. The number of likely N-dealkylation sites (tertiary alicyclic amines) is 1. The predicted molar refractivity (Wildman–Crippen MR) is 57.9 cm³/mol. The number of nitrogens with one attached hydrogen (secondary N) is 1. The molecule has 0 aromatic carbocycles. The highest BCUT2D eigenvalue weighted by molar-refractivity contribution is 5.33. The number of rotatable bonds is 3. The van der Waals surface area contributed by atoms with Crippen molar-refractivity contribution in [2.45, 2.75) is 19.1 Å². The third-order valence-electron chi connectivity index (χ3n) is 2.59. The van der Waals surface area contributed by atoms with Crippen molar-refractivity contribution < 1.29 is 5.11 Å². The lowest BCUT2D eigenvalue weighted by Crippen LogP contribution is -2.22. The van der Waals surface area contributed by atoms with Crippen molar-refractivity contribution in [1.29, 1.82) is 0 Å². The van der Waals surface area contributed by atoms with Gasteiger partial charge in [0.1, 0.15) is 5.82 Å². The molecule has 5 nitrogen and oxygen atoms in total. The second-order valence-electron chi connectivity index (χ2n) is 3.84. The summed E-state index contributed by atoms with van der Waals surface area (Å²) in [5.41, 5.74) is 3.49. The number of aromatic nitrogens is 1. The van der Waals surface area contributed by atoms with E-state index in [0.29, 0.717) is 5.82 Å². The average Bonchev–Trinajstić information content (AvgIpc) is 2.64. The van der Waals surface area contributed by atoms with Gasteiger partial charge in [0.05, 0.1) is 11.8 Å². The Kier molecular flexibility index (Phi) is 3.15. The van der Waals surface area contributed by atoms with Gasteiger partial charge < -0.3 is 10.5 Å². The highest BCUT2D eigenvalue weighted by atomic mass is 16.3. The molecule has 1 unspecified atom stereocenters. The van der Waals surface area contributed by atoms with Gasteiger partial charge in [-0.25, -0.2) is 10.8 Å². The van der Waals surface area contributed by atoms with Crippen LogP contribution in [0.3, 0.4) is 0 Å². The van der Waals surface area contributed by atoms with E-state index >= 15 is 0 Å². The highest BCUT2D eigenvalue weighted by Crippen LogP contribution is 2.13. The van der Waals surface area contributed by atoms with E-state index in [-0.39, 0.29) is 6.10 Å². The number of nitrogen functional groups attached to an aromatic ring is 1. The van der Waals surface area contributed by atoms with E-state index in [1.54, 1.807) is 0 Å². The first-order chi connectivity index (χ1) is 7.28. The molecule has 0 bridgehead atoms. The third kappa shape index (κ3) is 2.65. The lowest BCUT2D eigenvalue weighted by Gasteiger charge is -2.14. The van der Waals surface area contributed by atoms with E-state index in [1.165, 1.54) is 0 Å². The molecule has 1 aromatic heterocycles. The smallest absolute Gasteiger partial charge is 0.140 e. The van der Waals surface area contributed by atoms with Crippen LogP contribution in [0.1, 0.15) is 12.1 Å². The minimum Gasteiger partial charge on any atom is -0.392 e. The van der Waals surface area contributed by atoms with Crippen LogP contribution < -0.4 is 11.3 Å². The molecule has 2 rings (SSSR count). The fraction of sp³-hybridized carbons (Fsp3) is 0.500. The number of aliphatic hydroxyl groups excluding tert-OH is 1.